The van der Waals surface area contributed by atoms with Gasteiger partial charge in [0, 0.05) is 11.1 Å². The largest absolute Gasteiger partial charge is 0.454 e. The highest BCUT2D eigenvalue weighted by molar-refractivity contribution is 5.80. The molecule has 0 amide bonds. The minimum absolute atomic E-state index is 0.123. The van der Waals surface area contributed by atoms with E-state index in [1.807, 2.05) is 110 Å². The van der Waals surface area contributed by atoms with Gasteiger partial charge >= 0.3 is 0 Å². The third-order valence-electron chi connectivity index (χ3n) is 6.19. The second kappa shape index (κ2) is 9.52. The van der Waals surface area contributed by atoms with Crippen LogP contribution in [0.15, 0.2) is 95.8 Å². The zero-order chi connectivity index (χ0) is 25.2. The van der Waals surface area contributed by atoms with Crippen molar-refractivity contribution in [3.63, 3.8) is 0 Å². The number of fused-ring (bicyclic) bond motifs is 2. The van der Waals surface area contributed by atoms with Gasteiger partial charge in [-0.15, -0.1) is 0 Å². The van der Waals surface area contributed by atoms with Crippen LogP contribution in [0.4, 0.5) is 0 Å². The van der Waals surface area contributed by atoms with E-state index < -0.39 is 0 Å². The van der Waals surface area contributed by atoms with Crippen LogP contribution in [0.2, 0.25) is 0 Å². The molecule has 0 N–H and O–H groups in total. The Morgan fingerprint density at radius 2 is 1.59 bits per heavy atom. The van der Waals surface area contributed by atoms with Crippen LogP contribution in [0.3, 0.4) is 0 Å². The number of ether oxygens (including phenoxy) is 2. The van der Waals surface area contributed by atoms with Crippen LogP contribution in [-0.4, -0.2) is 16.3 Å². The smallest absolute Gasteiger partial charge is 0.266 e. The highest BCUT2D eigenvalue weighted by Crippen LogP contribution is 2.33. The molecule has 1 aromatic heterocycles. The molecule has 0 saturated heterocycles. The number of benzene rings is 4. The molecule has 1 aliphatic rings. The molecule has 1 aliphatic heterocycles. The van der Waals surface area contributed by atoms with Crippen molar-refractivity contribution in [1.82, 2.24) is 9.55 Å². The average Bonchev–Trinajstić information content (AvgIpc) is 3.40. The normalized spacial score (nSPS) is 12.0. The first-order valence-corrected chi connectivity index (χ1v) is 11.9. The van der Waals surface area contributed by atoms with Gasteiger partial charge in [-0.3, -0.25) is 9.36 Å². The molecule has 6 rings (SSSR count). The van der Waals surface area contributed by atoms with Crippen molar-refractivity contribution in [2.45, 2.75) is 6.92 Å². The van der Waals surface area contributed by atoms with Gasteiger partial charge in [0.2, 0.25) is 6.79 Å². The Morgan fingerprint density at radius 1 is 0.811 bits per heavy atom. The molecule has 0 fully saturated rings. The fourth-order valence-electron chi connectivity index (χ4n) is 4.33. The number of hydrogen-bond donors (Lipinski definition) is 0. The molecule has 0 spiro atoms. The molecule has 2 heterocycles. The van der Waals surface area contributed by atoms with Gasteiger partial charge in [-0.1, -0.05) is 54.3 Å². The topological polar surface area (TPSA) is 53.4 Å². The summed E-state index contributed by atoms with van der Waals surface area (Å²) in [7, 11) is 0. The maximum atomic E-state index is 13.7. The number of aryl methyl sites for hydroxylation is 1. The minimum atomic E-state index is -0.123. The first kappa shape index (κ1) is 22.4. The summed E-state index contributed by atoms with van der Waals surface area (Å²) in [4.78, 5) is 18.5. The van der Waals surface area contributed by atoms with Gasteiger partial charge in [-0.25, -0.2) is 4.98 Å². The van der Waals surface area contributed by atoms with E-state index in [0.717, 1.165) is 33.7 Å². The van der Waals surface area contributed by atoms with Gasteiger partial charge < -0.3 is 9.47 Å². The number of rotatable bonds is 3. The number of para-hydroxylation sites is 1. The molecule has 0 aliphatic carbocycles. The predicted octanol–water partition coefficient (Wildman–Crippen LogP) is 5.99. The molecule has 37 heavy (non-hydrogen) atoms. The second-order valence-corrected chi connectivity index (χ2v) is 8.69. The van der Waals surface area contributed by atoms with Gasteiger partial charge in [0.1, 0.15) is 5.82 Å². The molecule has 5 nitrogen and oxygen atoms in total. The summed E-state index contributed by atoms with van der Waals surface area (Å²) < 4.78 is 12.6. The van der Waals surface area contributed by atoms with Crippen molar-refractivity contribution in [3.8, 4) is 29.0 Å². The van der Waals surface area contributed by atoms with Gasteiger partial charge in [0.15, 0.2) is 11.5 Å². The predicted molar refractivity (Wildman–Crippen MR) is 146 cm³/mol. The second-order valence-electron chi connectivity index (χ2n) is 8.69. The van der Waals surface area contributed by atoms with E-state index >= 15 is 0 Å². The average molecular weight is 483 g/mol. The highest BCUT2D eigenvalue weighted by atomic mass is 16.7. The van der Waals surface area contributed by atoms with Gasteiger partial charge in [0.05, 0.1) is 16.6 Å². The lowest BCUT2D eigenvalue weighted by Gasteiger charge is -2.14. The van der Waals surface area contributed by atoms with Crippen molar-refractivity contribution in [3.05, 3.63) is 129 Å². The summed E-state index contributed by atoms with van der Waals surface area (Å²) in [6, 6.07) is 28.9. The van der Waals surface area contributed by atoms with Gasteiger partial charge in [-0.2, -0.15) is 0 Å². The fourth-order valence-corrected chi connectivity index (χ4v) is 4.33. The van der Waals surface area contributed by atoms with Crippen molar-refractivity contribution in [2.24, 2.45) is 0 Å². The Kier molecular flexibility index (Phi) is 5.76. The van der Waals surface area contributed by atoms with E-state index in [0.29, 0.717) is 22.5 Å². The van der Waals surface area contributed by atoms with E-state index in [1.165, 1.54) is 0 Å². The molecular weight excluding hydrogens is 460 g/mol. The summed E-state index contributed by atoms with van der Waals surface area (Å²) in [5.74, 6) is 8.37. The Labute approximate surface area is 214 Å². The first-order chi connectivity index (χ1) is 18.2. The Morgan fingerprint density at radius 3 is 2.46 bits per heavy atom. The molecule has 5 aromatic rings. The Balaban J connectivity index is 1.44. The van der Waals surface area contributed by atoms with Gasteiger partial charge in [0.25, 0.3) is 5.56 Å². The SMILES string of the molecule is Cc1cc(C#Cc2ccccc2)ccc1-n1c(/C=C/c2ccc3c(c2)OCO3)nc2ccccc2c1=O. The molecule has 0 saturated carbocycles. The van der Waals surface area contributed by atoms with E-state index in [4.69, 9.17) is 14.5 Å². The maximum Gasteiger partial charge on any atom is 0.266 e. The van der Waals surface area contributed by atoms with Crippen LogP contribution in [0.1, 0.15) is 28.1 Å². The first-order valence-electron chi connectivity index (χ1n) is 11.9. The quantitative estimate of drug-likeness (QED) is 0.296. The molecule has 0 unspecified atom stereocenters. The summed E-state index contributed by atoms with van der Waals surface area (Å²) >= 11 is 0. The summed E-state index contributed by atoms with van der Waals surface area (Å²) in [5.41, 5.74) is 4.97. The molecular formula is C32H22N2O3. The van der Waals surface area contributed by atoms with E-state index in [-0.39, 0.29) is 12.4 Å². The molecule has 0 bridgehead atoms. The lowest BCUT2D eigenvalue weighted by Crippen LogP contribution is -2.23. The number of hydrogen-bond acceptors (Lipinski definition) is 4. The molecule has 5 heteroatoms. The molecule has 178 valence electrons. The van der Waals surface area contributed by atoms with Crippen LogP contribution in [-0.2, 0) is 0 Å². The maximum absolute atomic E-state index is 13.7. The van der Waals surface area contributed by atoms with Gasteiger partial charge in [-0.05, 0) is 78.7 Å². The van der Waals surface area contributed by atoms with E-state index in [9.17, 15) is 4.79 Å². The van der Waals surface area contributed by atoms with Crippen LogP contribution in [0, 0.1) is 18.8 Å². The van der Waals surface area contributed by atoms with Crippen molar-refractivity contribution in [2.75, 3.05) is 6.79 Å². The van der Waals surface area contributed by atoms with E-state index in [2.05, 4.69) is 11.8 Å². The van der Waals surface area contributed by atoms with Crippen molar-refractivity contribution in [1.29, 1.82) is 0 Å². The lowest BCUT2D eigenvalue weighted by atomic mass is 10.1. The summed E-state index contributed by atoms with van der Waals surface area (Å²) in [6.07, 6.45) is 3.78. The van der Waals surface area contributed by atoms with E-state index in [1.54, 1.807) is 4.57 Å². The molecule has 0 atom stereocenters. The van der Waals surface area contributed by atoms with Crippen molar-refractivity contribution >= 4 is 23.1 Å². The minimum Gasteiger partial charge on any atom is -0.454 e. The van der Waals surface area contributed by atoms with Crippen LogP contribution in [0.25, 0.3) is 28.7 Å². The zero-order valence-corrected chi connectivity index (χ0v) is 20.1. The van der Waals surface area contributed by atoms with Crippen LogP contribution < -0.4 is 15.0 Å². The fraction of sp³-hybridized carbons (Fsp3) is 0.0625. The summed E-state index contributed by atoms with van der Waals surface area (Å²) in [5, 5.41) is 0.565. The highest BCUT2D eigenvalue weighted by Gasteiger charge is 2.14. The monoisotopic (exact) mass is 482 g/mol. The third kappa shape index (κ3) is 4.49. The third-order valence-corrected chi connectivity index (χ3v) is 6.19. The Bertz CT molecular complexity index is 1790. The van der Waals surface area contributed by atoms with Crippen LogP contribution in [0.5, 0.6) is 11.5 Å². The molecule has 0 radical (unpaired) electrons. The Hall–Kier alpha value is -5.08. The zero-order valence-electron chi connectivity index (χ0n) is 20.1. The van der Waals surface area contributed by atoms with Crippen LogP contribution >= 0.6 is 0 Å². The number of aromatic nitrogens is 2. The number of nitrogens with zero attached hydrogens (tertiary/aromatic N) is 2. The summed E-state index contributed by atoms with van der Waals surface area (Å²) in [6.45, 7) is 2.20. The lowest BCUT2D eigenvalue weighted by molar-refractivity contribution is 0.174. The van der Waals surface area contributed by atoms with Crippen molar-refractivity contribution < 1.29 is 9.47 Å². The molecule has 4 aromatic carbocycles. The standard InChI is InChI=1S/C32H22N2O3/c1-22-19-24(12-11-23-7-3-2-4-8-23)13-16-28(22)34-31(33-27-10-6-5-9-26(27)32(34)35)18-15-25-14-17-29-30(20-25)37-21-36-29/h2-10,13-20H,21H2,1H3/b18-15+.